The molecule has 0 N–H and O–H groups in total. The second-order valence-corrected chi connectivity index (χ2v) is 7.61. The minimum atomic E-state index is -0.160. The highest BCUT2D eigenvalue weighted by molar-refractivity contribution is 8.00. The van der Waals surface area contributed by atoms with E-state index < -0.39 is 0 Å². The van der Waals surface area contributed by atoms with E-state index in [4.69, 9.17) is 0 Å². The number of nitrogens with zero attached hydrogens (tertiary/aromatic N) is 2. The highest BCUT2D eigenvalue weighted by Gasteiger charge is 2.35. The summed E-state index contributed by atoms with van der Waals surface area (Å²) in [4.78, 5) is 28.8. The van der Waals surface area contributed by atoms with Crippen LogP contribution in [0.3, 0.4) is 0 Å². The number of rotatable bonds is 3. The number of thioether (sulfide) groups is 1. The van der Waals surface area contributed by atoms with Crippen LogP contribution in [0, 0.1) is 0 Å². The largest absolute Gasteiger partial charge is 0.337 e. The van der Waals surface area contributed by atoms with Crippen LogP contribution in [0.4, 0.5) is 0 Å². The van der Waals surface area contributed by atoms with Crippen LogP contribution in [0.1, 0.15) is 30.9 Å². The average Bonchev–Trinajstić information content (AvgIpc) is 2.67. The van der Waals surface area contributed by atoms with Crippen molar-refractivity contribution in [3.63, 3.8) is 0 Å². The Bertz CT molecular complexity index is 605. The molecule has 2 amide bonds. The van der Waals surface area contributed by atoms with Gasteiger partial charge in [-0.25, -0.2) is 0 Å². The number of hydrogen-bond acceptors (Lipinski definition) is 3. The van der Waals surface area contributed by atoms with Crippen molar-refractivity contribution in [1.82, 2.24) is 9.80 Å². The molecule has 0 aliphatic carbocycles. The Morgan fingerprint density at radius 3 is 2.71 bits per heavy atom. The monoisotopic (exact) mass is 344 g/mol. The third kappa shape index (κ3) is 3.66. The summed E-state index contributed by atoms with van der Waals surface area (Å²) < 4.78 is 0. The first-order chi connectivity index (χ1) is 11.7. The number of likely N-dealkylation sites (tertiary alicyclic amines) is 1. The van der Waals surface area contributed by atoms with Crippen molar-refractivity contribution in [3.05, 3.63) is 48.6 Å². The molecule has 2 fully saturated rings. The fraction of sp³-hybridized carbons (Fsp3) is 0.474. The Balaban J connectivity index is 1.74. The molecule has 4 nitrogen and oxygen atoms in total. The van der Waals surface area contributed by atoms with Gasteiger partial charge in [-0.15, -0.1) is 11.8 Å². The SMILES string of the molecule is C=CC(=O)N1CCSC(C(=O)N2CCCCC2c2ccccc2)C1. The van der Waals surface area contributed by atoms with Gasteiger partial charge in [-0.1, -0.05) is 36.9 Å². The van der Waals surface area contributed by atoms with Gasteiger partial charge in [-0.05, 0) is 30.9 Å². The molecule has 2 heterocycles. The fourth-order valence-electron chi connectivity index (χ4n) is 3.53. The van der Waals surface area contributed by atoms with E-state index in [2.05, 4.69) is 18.7 Å². The van der Waals surface area contributed by atoms with Crippen molar-refractivity contribution in [2.75, 3.05) is 25.4 Å². The first-order valence-electron chi connectivity index (χ1n) is 8.59. The summed E-state index contributed by atoms with van der Waals surface area (Å²) in [5.41, 5.74) is 1.21. The van der Waals surface area contributed by atoms with Gasteiger partial charge in [0, 0.05) is 25.4 Å². The van der Waals surface area contributed by atoms with Gasteiger partial charge in [0.1, 0.15) is 5.25 Å². The van der Waals surface area contributed by atoms with Gasteiger partial charge >= 0.3 is 0 Å². The van der Waals surface area contributed by atoms with Crippen LogP contribution in [-0.4, -0.2) is 52.3 Å². The Labute approximate surface area is 147 Å². The van der Waals surface area contributed by atoms with Gasteiger partial charge in [0.2, 0.25) is 11.8 Å². The van der Waals surface area contributed by atoms with E-state index >= 15 is 0 Å². The normalized spacial score (nSPS) is 24.5. The van der Waals surface area contributed by atoms with Crippen molar-refractivity contribution >= 4 is 23.6 Å². The highest BCUT2D eigenvalue weighted by Crippen LogP contribution is 2.33. The summed E-state index contributed by atoms with van der Waals surface area (Å²) in [5, 5.41) is -0.160. The van der Waals surface area contributed by atoms with Crippen LogP contribution in [0.15, 0.2) is 43.0 Å². The molecule has 24 heavy (non-hydrogen) atoms. The molecule has 2 saturated heterocycles. The Morgan fingerprint density at radius 2 is 1.96 bits per heavy atom. The molecule has 0 radical (unpaired) electrons. The summed E-state index contributed by atoms with van der Waals surface area (Å²) in [7, 11) is 0. The van der Waals surface area contributed by atoms with E-state index in [9.17, 15) is 9.59 Å². The predicted octanol–water partition coefficient (Wildman–Crippen LogP) is 2.87. The second-order valence-electron chi connectivity index (χ2n) is 6.30. The molecule has 0 bridgehead atoms. The fourth-order valence-corrected chi connectivity index (χ4v) is 4.70. The van der Waals surface area contributed by atoms with Crippen molar-refractivity contribution in [2.45, 2.75) is 30.6 Å². The maximum atomic E-state index is 13.1. The summed E-state index contributed by atoms with van der Waals surface area (Å²) in [6.07, 6.45) is 4.57. The van der Waals surface area contributed by atoms with E-state index in [1.807, 2.05) is 23.1 Å². The van der Waals surface area contributed by atoms with Crippen LogP contribution >= 0.6 is 11.8 Å². The van der Waals surface area contributed by atoms with Crippen LogP contribution in [0.2, 0.25) is 0 Å². The molecule has 2 atom stereocenters. The van der Waals surface area contributed by atoms with Crippen molar-refractivity contribution in [3.8, 4) is 0 Å². The van der Waals surface area contributed by atoms with Crippen LogP contribution in [0.25, 0.3) is 0 Å². The van der Waals surface area contributed by atoms with Gasteiger partial charge in [0.05, 0.1) is 6.04 Å². The number of piperidine rings is 1. The van der Waals surface area contributed by atoms with Gasteiger partial charge in [-0.2, -0.15) is 0 Å². The minimum Gasteiger partial charge on any atom is -0.337 e. The number of carbonyl (C=O) groups is 2. The Morgan fingerprint density at radius 1 is 1.17 bits per heavy atom. The van der Waals surface area contributed by atoms with E-state index in [-0.39, 0.29) is 23.1 Å². The third-order valence-electron chi connectivity index (χ3n) is 4.80. The summed E-state index contributed by atoms with van der Waals surface area (Å²) in [6, 6.07) is 10.5. The molecule has 1 aromatic carbocycles. The highest BCUT2D eigenvalue weighted by atomic mass is 32.2. The lowest BCUT2D eigenvalue weighted by molar-refractivity contribution is -0.135. The molecule has 0 aromatic heterocycles. The Hall–Kier alpha value is -1.75. The van der Waals surface area contributed by atoms with Crippen LogP contribution < -0.4 is 0 Å². The minimum absolute atomic E-state index is 0.0775. The zero-order valence-corrected chi connectivity index (χ0v) is 14.7. The number of hydrogen-bond donors (Lipinski definition) is 0. The molecule has 2 aliphatic heterocycles. The van der Waals surface area contributed by atoms with Crippen molar-refractivity contribution in [2.24, 2.45) is 0 Å². The molecular weight excluding hydrogens is 320 g/mol. The van der Waals surface area contributed by atoms with Crippen LogP contribution in [-0.2, 0) is 9.59 Å². The molecule has 0 spiro atoms. The van der Waals surface area contributed by atoms with Gasteiger partial charge in [0.15, 0.2) is 0 Å². The second kappa shape index (κ2) is 7.88. The molecule has 128 valence electrons. The summed E-state index contributed by atoms with van der Waals surface area (Å²) in [6.45, 7) is 5.55. The third-order valence-corrected chi connectivity index (χ3v) is 5.97. The topological polar surface area (TPSA) is 40.6 Å². The Kier molecular flexibility index (Phi) is 5.61. The van der Waals surface area contributed by atoms with Gasteiger partial charge in [-0.3, -0.25) is 9.59 Å². The molecule has 2 aliphatic rings. The number of benzene rings is 1. The molecule has 0 saturated carbocycles. The van der Waals surface area contributed by atoms with E-state index in [1.54, 1.807) is 16.7 Å². The van der Waals surface area contributed by atoms with E-state index in [1.165, 1.54) is 11.6 Å². The smallest absolute Gasteiger partial charge is 0.246 e. The van der Waals surface area contributed by atoms with Crippen molar-refractivity contribution in [1.29, 1.82) is 0 Å². The van der Waals surface area contributed by atoms with Crippen molar-refractivity contribution < 1.29 is 9.59 Å². The molecule has 3 rings (SSSR count). The van der Waals surface area contributed by atoms with Gasteiger partial charge in [0.25, 0.3) is 0 Å². The first-order valence-corrected chi connectivity index (χ1v) is 9.64. The zero-order chi connectivity index (χ0) is 16.9. The molecular formula is C19H24N2O2S. The maximum Gasteiger partial charge on any atom is 0.246 e. The summed E-state index contributed by atoms with van der Waals surface area (Å²) in [5.74, 6) is 0.904. The zero-order valence-electron chi connectivity index (χ0n) is 13.9. The lowest BCUT2D eigenvalue weighted by Crippen LogP contribution is -2.50. The van der Waals surface area contributed by atoms with E-state index in [0.717, 1.165) is 31.6 Å². The molecule has 5 heteroatoms. The maximum absolute atomic E-state index is 13.1. The van der Waals surface area contributed by atoms with E-state index in [0.29, 0.717) is 13.1 Å². The summed E-state index contributed by atoms with van der Waals surface area (Å²) >= 11 is 1.67. The quantitative estimate of drug-likeness (QED) is 0.792. The lowest BCUT2D eigenvalue weighted by atomic mass is 9.95. The number of carbonyl (C=O) groups excluding carboxylic acids is 2. The van der Waals surface area contributed by atoms with Crippen LogP contribution in [0.5, 0.6) is 0 Å². The number of amides is 2. The first kappa shape index (κ1) is 17.1. The molecule has 1 aromatic rings. The molecule has 2 unspecified atom stereocenters. The average molecular weight is 344 g/mol. The van der Waals surface area contributed by atoms with Gasteiger partial charge < -0.3 is 9.80 Å². The lowest BCUT2D eigenvalue weighted by Gasteiger charge is -2.40. The standard InChI is InChI=1S/C19H24N2O2S/c1-2-18(22)20-12-13-24-17(14-20)19(23)21-11-7-6-10-16(21)15-8-4-3-5-9-15/h2-5,8-9,16-17H,1,6-7,10-14H2. The predicted molar refractivity (Wildman–Crippen MR) is 97.8 cm³/mol.